The zero-order valence-electron chi connectivity index (χ0n) is 16.7. The largest absolute Gasteiger partial charge is 0.378 e. The van der Waals surface area contributed by atoms with Crippen molar-refractivity contribution >= 4 is 46.9 Å². The van der Waals surface area contributed by atoms with Gasteiger partial charge >= 0.3 is 0 Å². The second-order valence-corrected chi connectivity index (χ2v) is 7.86. The van der Waals surface area contributed by atoms with E-state index < -0.39 is 17.9 Å². The summed E-state index contributed by atoms with van der Waals surface area (Å²) in [6.07, 6.45) is 1.55. The zero-order chi connectivity index (χ0) is 21.6. The molecule has 1 unspecified atom stereocenters. The fraction of sp³-hybridized carbons (Fsp3) is 0.286. The molecule has 2 N–H and O–H groups in total. The van der Waals surface area contributed by atoms with Gasteiger partial charge in [0.05, 0.1) is 16.3 Å². The minimum atomic E-state index is -0.759. The van der Waals surface area contributed by atoms with Crippen molar-refractivity contribution in [2.24, 2.45) is 11.0 Å². The van der Waals surface area contributed by atoms with Gasteiger partial charge in [0.25, 0.3) is 11.8 Å². The van der Waals surface area contributed by atoms with Crippen LogP contribution in [0.15, 0.2) is 47.6 Å². The zero-order valence-corrected chi connectivity index (χ0v) is 18.3. The molecule has 2 aromatic rings. The van der Waals surface area contributed by atoms with Gasteiger partial charge in [-0.3, -0.25) is 9.59 Å². The van der Waals surface area contributed by atoms with Crippen LogP contribution in [0.4, 0.5) is 5.69 Å². The second-order valence-electron chi connectivity index (χ2n) is 7.04. The Hall–Kier alpha value is -2.57. The van der Waals surface area contributed by atoms with Gasteiger partial charge in [0.1, 0.15) is 6.04 Å². The van der Waals surface area contributed by atoms with Crippen molar-refractivity contribution in [3.63, 3.8) is 0 Å². The number of hydrogen-bond donors (Lipinski definition) is 2. The van der Waals surface area contributed by atoms with Crippen molar-refractivity contribution in [2.45, 2.75) is 19.9 Å². The van der Waals surface area contributed by atoms with E-state index in [9.17, 15) is 9.59 Å². The Balaban J connectivity index is 2.01. The molecule has 0 aliphatic rings. The average molecular weight is 435 g/mol. The van der Waals surface area contributed by atoms with Gasteiger partial charge in [-0.2, -0.15) is 5.10 Å². The molecule has 1 atom stereocenters. The van der Waals surface area contributed by atoms with Gasteiger partial charge in [-0.1, -0.05) is 49.2 Å². The van der Waals surface area contributed by atoms with Crippen molar-refractivity contribution in [1.29, 1.82) is 0 Å². The highest BCUT2D eigenvalue weighted by Gasteiger charge is 2.24. The molecule has 2 amide bonds. The molecule has 0 aliphatic heterocycles. The summed E-state index contributed by atoms with van der Waals surface area (Å²) in [7, 11) is 3.92. The van der Waals surface area contributed by atoms with Crippen LogP contribution in [0, 0.1) is 5.92 Å². The first kappa shape index (κ1) is 22.7. The number of amides is 2. The van der Waals surface area contributed by atoms with Crippen molar-refractivity contribution in [2.75, 3.05) is 19.0 Å². The molecule has 0 aliphatic carbocycles. The van der Waals surface area contributed by atoms with Crippen LogP contribution in [0.3, 0.4) is 0 Å². The van der Waals surface area contributed by atoms with Crippen LogP contribution in [0.1, 0.15) is 29.8 Å². The molecule has 2 aromatic carbocycles. The third-order valence-corrected chi connectivity index (χ3v) is 4.95. The normalized spacial score (nSPS) is 12.1. The number of anilines is 1. The molecule has 0 bridgehead atoms. The summed E-state index contributed by atoms with van der Waals surface area (Å²) in [6.45, 7) is 3.67. The Morgan fingerprint density at radius 1 is 1.03 bits per heavy atom. The first-order valence-corrected chi connectivity index (χ1v) is 9.81. The van der Waals surface area contributed by atoms with E-state index in [1.54, 1.807) is 12.3 Å². The molecule has 0 saturated heterocycles. The minimum Gasteiger partial charge on any atom is -0.378 e. The number of hydrazone groups is 1. The maximum atomic E-state index is 12.5. The van der Waals surface area contributed by atoms with E-state index in [4.69, 9.17) is 23.2 Å². The third-order valence-electron chi connectivity index (χ3n) is 4.22. The molecule has 2 rings (SSSR count). The van der Waals surface area contributed by atoms with Gasteiger partial charge in [0.15, 0.2) is 0 Å². The Kier molecular flexibility index (Phi) is 8.05. The molecular weight excluding hydrogens is 411 g/mol. The standard InChI is InChI=1S/C21H24Cl2N4O2/c1-13(2)19(25-20(28)15-7-10-17(22)18(23)11-15)21(29)26-24-12-14-5-8-16(9-6-14)27(3)4/h5-13,19H,1-4H3,(H,25,28)(H,26,29). The van der Waals surface area contributed by atoms with Crippen LogP contribution in [0.25, 0.3) is 0 Å². The average Bonchev–Trinajstić information content (AvgIpc) is 2.68. The van der Waals surface area contributed by atoms with Crippen LogP contribution in [0.5, 0.6) is 0 Å². The molecule has 29 heavy (non-hydrogen) atoms. The topological polar surface area (TPSA) is 73.8 Å². The highest BCUT2D eigenvalue weighted by atomic mass is 35.5. The van der Waals surface area contributed by atoms with Crippen molar-refractivity contribution < 1.29 is 9.59 Å². The number of halogens is 2. The van der Waals surface area contributed by atoms with Crippen LogP contribution in [0.2, 0.25) is 10.0 Å². The van der Waals surface area contributed by atoms with Gasteiger partial charge in [-0.05, 0) is 41.8 Å². The summed E-state index contributed by atoms with van der Waals surface area (Å²) < 4.78 is 0. The van der Waals surface area contributed by atoms with Gasteiger partial charge in [-0.25, -0.2) is 5.43 Å². The summed E-state index contributed by atoms with van der Waals surface area (Å²) in [5.74, 6) is -0.966. The molecule has 0 fully saturated rings. The molecule has 0 saturated carbocycles. The van der Waals surface area contributed by atoms with Gasteiger partial charge in [0.2, 0.25) is 0 Å². The van der Waals surface area contributed by atoms with E-state index in [1.807, 2.05) is 57.1 Å². The first-order chi connectivity index (χ1) is 13.7. The molecule has 0 spiro atoms. The molecular formula is C21H24Cl2N4O2. The fourth-order valence-electron chi connectivity index (χ4n) is 2.50. The number of nitrogens with one attached hydrogen (secondary N) is 2. The highest BCUT2D eigenvalue weighted by Crippen LogP contribution is 2.22. The smallest absolute Gasteiger partial charge is 0.262 e. The van der Waals surface area contributed by atoms with E-state index in [0.717, 1.165) is 11.3 Å². The predicted molar refractivity (Wildman–Crippen MR) is 119 cm³/mol. The van der Waals surface area contributed by atoms with Crippen LogP contribution < -0.4 is 15.6 Å². The number of hydrogen-bond acceptors (Lipinski definition) is 4. The quantitative estimate of drug-likeness (QED) is 0.511. The second kappa shape index (κ2) is 10.3. The van der Waals surface area contributed by atoms with Crippen molar-refractivity contribution in [1.82, 2.24) is 10.7 Å². The molecule has 0 aromatic heterocycles. The van der Waals surface area contributed by atoms with Crippen molar-refractivity contribution in [3.8, 4) is 0 Å². The SMILES string of the molecule is CC(C)C(NC(=O)c1ccc(Cl)c(Cl)c1)C(=O)NN=Cc1ccc(N(C)C)cc1. The summed E-state index contributed by atoms with van der Waals surface area (Å²) in [4.78, 5) is 27.0. The molecule has 0 heterocycles. The number of carbonyl (C=O) groups is 2. The van der Waals surface area contributed by atoms with Crippen LogP contribution >= 0.6 is 23.2 Å². The van der Waals surface area contributed by atoms with E-state index in [0.29, 0.717) is 10.6 Å². The lowest BCUT2D eigenvalue weighted by molar-refractivity contribution is -0.123. The predicted octanol–water partition coefficient (Wildman–Crippen LogP) is 3.96. The lowest BCUT2D eigenvalue weighted by Crippen LogP contribution is -2.48. The third kappa shape index (κ3) is 6.48. The van der Waals surface area contributed by atoms with Gasteiger partial charge < -0.3 is 10.2 Å². The number of rotatable bonds is 7. The highest BCUT2D eigenvalue weighted by molar-refractivity contribution is 6.42. The Morgan fingerprint density at radius 3 is 2.24 bits per heavy atom. The molecule has 0 radical (unpaired) electrons. The molecule has 8 heteroatoms. The number of nitrogens with zero attached hydrogens (tertiary/aromatic N) is 2. The minimum absolute atomic E-state index is 0.142. The summed E-state index contributed by atoms with van der Waals surface area (Å²) in [6, 6.07) is 11.5. The summed E-state index contributed by atoms with van der Waals surface area (Å²) in [5, 5.41) is 7.34. The molecule has 154 valence electrons. The Labute approximate surface area is 180 Å². The van der Waals surface area contributed by atoms with E-state index in [-0.39, 0.29) is 10.9 Å². The maximum absolute atomic E-state index is 12.5. The summed E-state index contributed by atoms with van der Waals surface area (Å²) >= 11 is 11.8. The first-order valence-electron chi connectivity index (χ1n) is 9.05. The van der Waals surface area contributed by atoms with Crippen LogP contribution in [-0.4, -0.2) is 38.2 Å². The lowest BCUT2D eigenvalue weighted by Gasteiger charge is -2.20. The van der Waals surface area contributed by atoms with Crippen molar-refractivity contribution in [3.05, 3.63) is 63.6 Å². The van der Waals surface area contributed by atoms with Crippen LogP contribution in [-0.2, 0) is 4.79 Å². The number of carbonyl (C=O) groups excluding carboxylic acids is 2. The van der Waals surface area contributed by atoms with Gasteiger partial charge in [0, 0.05) is 25.3 Å². The van der Waals surface area contributed by atoms with E-state index in [1.165, 1.54) is 12.1 Å². The monoisotopic (exact) mass is 434 g/mol. The fourth-order valence-corrected chi connectivity index (χ4v) is 2.79. The Morgan fingerprint density at radius 2 is 1.69 bits per heavy atom. The number of benzene rings is 2. The lowest BCUT2D eigenvalue weighted by atomic mass is 10.0. The van der Waals surface area contributed by atoms with E-state index >= 15 is 0 Å². The Bertz CT molecular complexity index is 896. The maximum Gasteiger partial charge on any atom is 0.262 e. The molecule has 6 nitrogen and oxygen atoms in total. The summed E-state index contributed by atoms with van der Waals surface area (Å²) in [5.41, 5.74) is 4.72. The van der Waals surface area contributed by atoms with Gasteiger partial charge in [-0.15, -0.1) is 0 Å². The van der Waals surface area contributed by atoms with E-state index in [2.05, 4.69) is 15.8 Å².